The fourth-order valence-corrected chi connectivity index (χ4v) is 4.93. The third kappa shape index (κ3) is 1.93. The normalized spacial score (nSPS) is 32.2. The molecule has 3 aliphatic rings. The number of nitrogens with zero attached hydrogens (tertiary/aromatic N) is 5. The number of anilines is 1. The quantitative estimate of drug-likeness (QED) is 0.867. The van der Waals surface area contributed by atoms with Gasteiger partial charge in [-0.25, -0.2) is 15.0 Å². The molecule has 0 aliphatic carbocycles. The van der Waals surface area contributed by atoms with Gasteiger partial charge in [0.2, 0.25) is 0 Å². The third-order valence-electron chi connectivity index (χ3n) is 5.77. The Morgan fingerprint density at radius 2 is 2.09 bits per heavy atom. The highest BCUT2D eigenvalue weighted by Gasteiger charge is 2.42. The van der Waals surface area contributed by atoms with Gasteiger partial charge in [0.1, 0.15) is 11.8 Å². The molecule has 6 heteroatoms. The lowest BCUT2D eigenvalue weighted by atomic mass is 9.76. The predicted octanol–water partition coefficient (Wildman–Crippen LogP) is 1.66. The molecule has 0 aromatic carbocycles. The maximum atomic E-state index is 4.56. The lowest BCUT2D eigenvalue weighted by Crippen LogP contribution is -2.59. The van der Waals surface area contributed by atoms with Gasteiger partial charge in [-0.05, 0) is 37.6 Å². The van der Waals surface area contributed by atoms with E-state index >= 15 is 0 Å². The smallest absolute Gasteiger partial charge is 0.182 e. The predicted molar refractivity (Wildman–Crippen MR) is 84.7 cm³/mol. The first kappa shape index (κ1) is 12.8. The summed E-state index contributed by atoms with van der Waals surface area (Å²) in [6.45, 7) is 4.83. The molecule has 1 N–H and O–H groups in total. The van der Waals surface area contributed by atoms with Gasteiger partial charge in [0, 0.05) is 25.7 Å². The van der Waals surface area contributed by atoms with Crippen LogP contribution in [0.5, 0.6) is 0 Å². The van der Waals surface area contributed by atoms with Crippen LogP contribution in [0.15, 0.2) is 12.7 Å². The van der Waals surface area contributed by atoms with Crippen molar-refractivity contribution in [2.75, 3.05) is 31.1 Å². The SMILES string of the molecule is c1nc(N2C[C@@H]3C[C@H](C2)[C@@H]2CCCCN2C3)c2[nH]cnc2n1. The summed E-state index contributed by atoms with van der Waals surface area (Å²) in [7, 11) is 0. The van der Waals surface area contributed by atoms with Crippen molar-refractivity contribution < 1.29 is 0 Å². The summed E-state index contributed by atoms with van der Waals surface area (Å²) >= 11 is 0. The maximum absolute atomic E-state index is 4.56. The van der Waals surface area contributed by atoms with Crippen molar-refractivity contribution in [3.05, 3.63) is 12.7 Å². The molecule has 5 heterocycles. The number of piperidine rings is 3. The minimum Gasteiger partial charge on any atom is -0.354 e. The van der Waals surface area contributed by atoms with Crippen LogP contribution in [-0.2, 0) is 0 Å². The van der Waals surface area contributed by atoms with Crippen molar-refractivity contribution in [2.24, 2.45) is 11.8 Å². The summed E-state index contributed by atoms with van der Waals surface area (Å²) in [4.78, 5) is 21.5. The Labute approximate surface area is 129 Å². The molecule has 3 saturated heterocycles. The molecule has 3 atom stereocenters. The molecule has 0 radical (unpaired) electrons. The topological polar surface area (TPSA) is 60.9 Å². The van der Waals surface area contributed by atoms with Gasteiger partial charge in [0.15, 0.2) is 11.5 Å². The van der Waals surface area contributed by atoms with E-state index in [0.717, 1.165) is 47.9 Å². The van der Waals surface area contributed by atoms with Crippen LogP contribution in [0, 0.1) is 11.8 Å². The number of nitrogens with one attached hydrogen (secondary N) is 1. The number of imidazole rings is 1. The van der Waals surface area contributed by atoms with E-state index in [0.29, 0.717) is 0 Å². The van der Waals surface area contributed by atoms with Crippen LogP contribution in [0.25, 0.3) is 11.2 Å². The van der Waals surface area contributed by atoms with Crippen molar-refractivity contribution in [3.8, 4) is 0 Å². The van der Waals surface area contributed by atoms with E-state index in [4.69, 9.17) is 0 Å². The van der Waals surface area contributed by atoms with Gasteiger partial charge in [-0.3, -0.25) is 4.90 Å². The van der Waals surface area contributed by atoms with E-state index in [9.17, 15) is 0 Å². The molecule has 22 heavy (non-hydrogen) atoms. The molecule has 2 aromatic rings. The van der Waals surface area contributed by atoms with Gasteiger partial charge in [-0.1, -0.05) is 6.42 Å². The monoisotopic (exact) mass is 298 g/mol. The minimum atomic E-state index is 0.778. The van der Waals surface area contributed by atoms with Gasteiger partial charge in [-0.2, -0.15) is 0 Å². The average Bonchev–Trinajstić information content (AvgIpc) is 3.03. The Bertz CT molecular complexity index is 682. The van der Waals surface area contributed by atoms with Crippen molar-refractivity contribution in [1.82, 2.24) is 24.8 Å². The molecule has 0 amide bonds. The molecule has 6 nitrogen and oxygen atoms in total. The van der Waals surface area contributed by atoms with Crippen LogP contribution in [0.4, 0.5) is 5.82 Å². The Hall–Kier alpha value is -1.69. The number of hydrogen-bond donors (Lipinski definition) is 1. The summed E-state index contributed by atoms with van der Waals surface area (Å²) in [6.07, 6.45) is 8.94. The number of rotatable bonds is 1. The zero-order chi connectivity index (χ0) is 14.5. The van der Waals surface area contributed by atoms with E-state index in [1.54, 1.807) is 12.7 Å². The molecule has 2 aromatic heterocycles. The van der Waals surface area contributed by atoms with Crippen LogP contribution in [0.2, 0.25) is 0 Å². The highest BCUT2D eigenvalue weighted by atomic mass is 15.3. The molecule has 0 saturated carbocycles. The Morgan fingerprint density at radius 1 is 1.09 bits per heavy atom. The first-order valence-corrected chi connectivity index (χ1v) is 8.51. The van der Waals surface area contributed by atoms with Crippen molar-refractivity contribution in [1.29, 1.82) is 0 Å². The summed E-state index contributed by atoms with van der Waals surface area (Å²) in [5.41, 5.74) is 1.77. The molecule has 0 spiro atoms. The second-order valence-corrected chi connectivity index (χ2v) is 7.12. The van der Waals surface area contributed by atoms with Gasteiger partial charge in [0.25, 0.3) is 0 Å². The van der Waals surface area contributed by atoms with Crippen LogP contribution in [0.3, 0.4) is 0 Å². The molecule has 5 rings (SSSR count). The largest absolute Gasteiger partial charge is 0.354 e. The Morgan fingerprint density at radius 3 is 3.09 bits per heavy atom. The summed E-state index contributed by atoms with van der Waals surface area (Å²) in [5, 5.41) is 0. The van der Waals surface area contributed by atoms with Crippen molar-refractivity contribution in [3.63, 3.8) is 0 Å². The average molecular weight is 298 g/mol. The molecule has 3 fully saturated rings. The van der Waals surface area contributed by atoms with E-state index in [-0.39, 0.29) is 0 Å². The number of aromatic amines is 1. The lowest BCUT2D eigenvalue weighted by molar-refractivity contribution is 0.0185. The van der Waals surface area contributed by atoms with Gasteiger partial charge in [0.05, 0.1) is 6.33 Å². The van der Waals surface area contributed by atoms with Gasteiger partial charge in [-0.15, -0.1) is 0 Å². The maximum Gasteiger partial charge on any atom is 0.182 e. The van der Waals surface area contributed by atoms with Crippen LogP contribution in [-0.4, -0.2) is 57.1 Å². The highest BCUT2D eigenvalue weighted by molar-refractivity contribution is 5.82. The highest BCUT2D eigenvalue weighted by Crippen LogP contribution is 2.39. The zero-order valence-electron chi connectivity index (χ0n) is 12.8. The van der Waals surface area contributed by atoms with E-state index in [2.05, 4.69) is 29.7 Å². The van der Waals surface area contributed by atoms with E-state index in [1.807, 2.05) is 0 Å². The summed E-state index contributed by atoms with van der Waals surface area (Å²) < 4.78 is 0. The molecular weight excluding hydrogens is 276 g/mol. The molecule has 3 aliphatic heterocycles. The standard InChI is InChI=1S/C16H22N6/c1-2-4-21-6-11-5-12(13(21)3-1)8-22(7-11)16-14-15(18-9-17-14)19-10-20-16/h9-13H,1-8H2,(H,17,18,19,20)/t11-,12-,13+/m1/s1. The number of H-pyrrole nitrogens is 1. The lowest BCUT2D eigenvalue weighted by Gasteiger charge is -2.52. The molecular formula is C16H22N6. The summed E-state index contributed by atoms with van der Waals surface area (Å²) in [6, 6.07) is 0.798. The summed E-state index contributed by atoms with van der Waals surface area (Å²) in [5.74, 6) is 2.61. The second kappa shape index (κ2) is 4.91. The molecule has 0 unspecified atom stereocenters. The van der Waals surface area contributed by atoms with E-state index < -0.39 is 0 Å². The van der Waals surface area contributed by atoms with Crippen molar-refractivity contribution >= 4 is 17.0 Å². The Balaban J connectivity index is 1.47. The van der Waals surface area contributed by atoms with Crippen LogP contribution in [0.1, 0.15) is 25.7 Å². The first-order chi connectivity index (χ1) is 10.9. The van der Waals surface area contributed by atoms with Crippen LogP contribution < -0.4 is 4.90 Å². The fraction of sp³-hybridized carbons (Fsp3) is 0.688. The third-order valence-corrected chi connectivity index (χ3v) is 5.77. The molecule has 116 valence electrons. The Kier molecular flexibility index (Phi) is 2.86. The minimum absolute atomic E-state index is 0.778. The zero-order valence-corrected chi connectivity index (χ0v) is 12.8. The van der Waals surface area contributed by atoms with Gasteiger partial charge < -0.3 is 9.88 Å². The van der Waals surface area contributed by atoms with Crippen molar-refractivity contribution in [2.45, 2.75) is 31.7 Å². The van der Waals surface area contributed by atoms with Crippen LogP contribution >= 0.6 is 0 Å². The second-order valence-electron chi connectivity index (χ2n) is 7.12. The number of fused-ring (bicyclic) bond motifs is 5. The number of hydrogen-bond acceptors (Lipinski definition) is 5. The fourth-order valence-electron chi connectivity index (χ4n) is 4.93. The van der Waals surface area contributed by atoms with E-state index in [1.165, 1.54) is 38.8 Å². The molecule has 2 bridgehead atoms. The number of aromatic nitrogens is 4. The first-order valence-electron chi connectivity index (χ1n) is 8.51. The van der Waals surface area contributed by atoms with Gasteiger partial charge >= 0.3 is 0 Å².